The minimum absolute atomic E-state index is 0.294. The van der Waals surface area contributed by atoms with Gasteiger partial charge < -0.3 is 9.15 Å². The van der Waals surface area contributed by atoms with Crippen LogP contribution in [0.1, 0.15) is 19.4 Å². The van der Waals surface area contributed by atoms with Crippen molar-refractivity contribution < 1.29 is 13.5 Å². The summed E-state index contributed by atoms with van der Waals surface area (Å²) >= 11 is 0. The molecule has 1 aromatic heterocycles. The quantitative estimate of drug-likeness (QED) is 0.557. The van der Waals surface area contributed by atoms with E-state index in [1.165, 1.54) is 18.2 Å². The van der Waals surface area contributed by atoms with Crippen molar-refractivity contribution in [3.05, 3.63) is 70.3 Å². The number of benzene rings is 2. The van der Waals surface area contributed by atoms with E-state index < -0.39 is 11.2 Å². The highest BCUT2D eigenvalue weighted by atomic mass is 19.1. The summed E-state index contributed by atoms with van der Waals surface area (Å²) in [6.07, 6.45) is 0.589. The summed E-state index contributed by atoms with van der Waals surface area (Å²) in [5, 5.41) is 5.24. The van der Waals surface area contributed by atoms with Gasteiger partial charge in [0.25, 0.3) is 0 Å². The summed E-state index contributed by atoms with van der Waals surface area (Å²) in [6, 6.07) is 12.7. The van der Waals surface area contributed by atoms with Gasteiger partial charge in [0.05, 0.1) is 16.8 Å². The molecule has 3 aromatic rings. The molecule has 0 saturated carbocycles. The first kappa shape index (κ1) is 16.3. The van der Waals surface area contributed by atoms with Crippen molar-refractivity contribution in [2.75, 3.05) is 5.43 Å². The SMILES string of the molecule is CC1(C)Oc2c(ccc3oc(=O)ccc23)C/C1=N/Nc1ccc(F)cc1. The van der Waals surface area contributed by atoms with E-state index in [9.17, 15) is 9.18 Å². The zero-order valence-electron chi connectivity index (χ0n) is 14.4. The molecule has 26 heavy (non-hydrogen) atoms. The Morgan fingerprint density at radius 2 is 1.85 bits per heavy atom. The van der Waals surface area contributed by atoms with Crippen molar-refractivity contribution >= 4 is 22.4 Å². The van der Waals surface area contributed by atoms with Gasteiger partial charge in [0.1, 0.15) is 22.8 Å². The van der Waals surface area contributed by atoms with Crippen molar-refractivity contribution in [3.63, 3.8) is 0 Å². The molecular formula is C20H17FN2O3. The highest BCUT2D eigenvalue weighted by Crippen LogP contribution is 2.37. The molecule has 0 fully saturated rings. The lowest BCUT2D eigenvalue weighted by Crippen LogP contribution is -2.43. The van der Waals surface area contributed by atoms with Gasteiger partial charge in [-0.3, -0.25) is 5.43 Å². The smallest absolute Gasteiger partial charge is 0.336 e. The number of hydrazone groups is 1. The first-order valence-electron chi connectivity index (χ1n) is 8.26. The minimum Gasteiger partial charge on any atom is -0.481 e. The van der Waals surface area contributed by atoms with Crippen LogP contribution in [-0.4, -0.2) is 11.3 Å². The second kappa shape index (κ2) is 5.98. The maximum atomic E-state index is 13.0. The zero-order valence-corrected chi connectivity index (χ0v) is 14.4. The molecule has 1 aliphatic rings. The number of halogens is 1. The molecule has 1 N–H and O–H groups in total. The maximum absolute atomic E-state index is 13.0. The first-order valence-corrected chi connectivity index (χ1v) is 8.26. The van der Waals surface area contributed by atoms with Crippen LogP contribution in [0.15, 0.2) is 62.8 Å². The zero-order chi connectivity index (χ0) is 18.3. The summed E-state index contributed by atoms with van der Waals surface area (Å²) in [7, 11) is 0. The van der Waals surface area contributed by atoms with Crippen molar-refractivity contribution in [2.45, 2.75) is 25.9 Å². The Hall–Kier alpha value is -3.15. The van der Waals surface area contributed by atoms with Gasteiger partial charge in [-0.15, -0.1) is 0 Å². The molecule has 0 spiro atoms. The van der Waals surface area contributed by atoms with Gasteiger partial charge in [-0.05, 0) is 50.2 Å². The fourth-order valence-electron chi connectivity index (χ4n) is 2.96. The number of anilines is 1. The third kappa shape index (κ3) is 2.94. The molecule has 0 amide bonds. The normalized spacial score (nSPS) is 17.0. The van der Waals surface area contributed by atoms with Crippen molar-refractivity contribution in [1.82, 2.24) is 0 Å². The summed E-state index contributed by atoms with van der Waals surface area (Å²) < 4.78 is 24.4. The molecule has 1 aliphatic heterocycles. The summed E-state index contributed by atoms with van der Waals surface area (Å²) in [4.78, 5) is 11.4. The van der Waals surface area contributed by atoms with Crippen LogP contribution in [0.4, 0.5) is 10.1 Å². The average molecular weight is 352 g/mol. The van der Waals surface area contributed by atoms with Gasteiger partial charge >= 0.3 is 5.63 Å². The Bertz CT molecular complexity index is 1070. The molecule has 0 bridgehead atoms. The maximum Gasteiger partial charge on any atom is 0.336 e. The number of hydrogen-bond acceptors (Lipinski definition) is 5. The van der Waals surface area contributed by atoms with E-state index in [0.717, 1.165) is 16.7 Å². The van der Waals surface area contributed by atoms with E-state index in [4.69, 9.17) is 9.15 Å². The number of nitrogens with zero attached hydrogens (tertiary/aromatic N) is 1. The van der Waals surface area contributed by atoms with E-state index in [1.807, 2.05) is 19.9 Å². The molecule has 6 heteroatoms. The molecule has 0 aliphatic carbocycles. The number of fused-ring (bicyclic) bond motifs is 3. The highest BCUT2D eigenvalue weighted by Gasteiger charge is 2.34. The molecular weight excluding hydrogens is 335 g/mol. The van der Waals surface area contributed by atoms with Crippen LogP contribution in [0.25, 0.3) is 11.0 Å². The number of nitrogens with one attached hydrogen (secondary N) is 1. The molecule has 0 radical (unpaired) electrons. The summed E-state index contributed by atoms with van der Waals surface area (Å²) in [6.45, 7) is 3.86. The summed E-state index contributed by atoms with van der Waals surface area (Å²) in [5.74, 6) is 0.411. The Morgan fingerprint density at radius 3 is 2.62 bits per heavy atom. The molecule has 0 unspecified atom stereocenters. The number of hydrogen-bond donors (Lipinski definition) is 1. The van der Waals surface area contributed by atoms with Crippen molar-refractivity contribution in [2.24, 2.45) is 5.10 Å². The minimum atomic E-state index is -0.648. The Balaban J connectivity index is 1.70. The lowest BCUT2D eigenvalue weighted by atomic mass is 9.91. The van der Waals surface area contributed by atoms with Crippen LogP contribution in [0.3, 0.4) is 0 Å². The van der Waals surface area contributed by atoms with Crippen LogP contribution >= 0.6 is 0 Å². The van der Waals surface area contributed by atoms with E-state index in [1.54, 1.807) is 24.3 Å². The molecule has 4 rings (SSSR count). The largest absolute Gasteiger partial charge is 0.481 e. The molecule has 0 saturated heterocycles. The van der Waals surface area contributed by atoms with Crippen LogP contribution in [0, 0.1) is 5.82 Å². The fourth-order valence-corrected chi connectivity index (χ4v) is 2.96. The van der Waals surface area contributed by atoms with Crippen molar-refractivity contribution in [3.8, 4) is 5.75 Å². The molecule has 0 atom stereocenters. The summed E-state index contributed by atoms with van der Waals surface area (Å²) in [5.41, 5.74) is 4.88. The van der Waals surface area contributed by atoms with Gasteiger partial charge in [0.2, 0.25) is 0 Å². The lowest BCUT2D eigenvalue weighted by Gasteiger charge is -2.34. The Kier molecular flexibility index (Phi) is 3.76. The Morgan fingerprint density at radius 1 is 1.08 bits per heavy atom. The standard InChI is InChI=1S/C20H17FN2O3/c1-20(2)17(23-22-14-6-4-13(21)5-7-14)11-12-3-9-16-15(19(12)26-20)8-10-18(24)25-16/h3-10,22H,11H2,1-2H3/b23-17-. The van der Waals surface area contributed by atoms with Gasteiger partial charge in [-0.2, -0.15) is 5.10 Å². The lowest BCUT2D eigenvalue weighted by molar-refractivity contribution is 0.173. The second-order valence-corrected chi connectivity index (χ2v) is 6.69. The third-order valence-corrected chi connectivity index (χ3v) is 4.41. The van der Waals surface area contributed by atoms with E-state index >= 15 is 0 Å². The number of rotatable bonds is 2. The molecule has 2 heterocycles. The predicted octanol–water partition coefficient (Wildman–Crippen LogP) is 4.11. The molecule has 5 nitrogen and oxygen atoms in total. The van der Waals surface area contributed by atoms with Crippen LogP contribution < -0.4 is 15.8 Å². The molecule has 132 valence electrons. The molecule has 2 aromatic carbocycles. The average Bonchev–Trinajstić information content (AvgIpc) is 2.60. The predicted molar refractivity (Wildman–Crippen MR) is 98.4 cm³/mol. The monoisotopic (exact) mass is 352 g/mol. The van der Waals surface area contributed by atoms with Gasteiger partial charge in [-0.25, -0.2) is 9.18 Å². The van der Waals surface area contributed by atoms with Crippen LogP contribution in [0.2, 0.25) is 0 Å². The Labute approximate surface area is 149 Å². The van der Waals surface area contributed by atoms with Crippen LogP contribution in [-0.2, 0) is 6.42 Å². The van der Waals surface area contributed by atoms with Crippen molar-refractivity contribution in [1.29, 1.82) is 0 Å². The van der Waals surface area contributed by atoms with Gasteiger partial charge in [0.15, 0.2) is 0 Å². The van der Waals surface area contributed by atoms with E-state index in [0.29, 0.717) is 23.4 Å². The van der Waals surface area contributed by atoms with Gasteiger partial charge in [-0.1, -0.05) is 6.07 Å². The first-order chi connectivity index (χ1) is 12.4. The second-order valence-electron chi connectivity index (χ2n) is 6.69. The third-order valence-electron chi connectivity index (χ3n) is 4.41. The van der Waals surface area contributed by atoms with E-state index in [-0.39, 0.29) is 5.82 Å². The number of ether oxygens (including phenoxy) is 1. The van der Waals surface area contributed by atoms with Gasteiger partial charge in [0, 0.05) is 18.1 Å². The topological polar surface area (TPSA) is 63.8 Å². The van der Waals surface area contributed by atoms with E-state index in [2.05, 4.69) is 10.5 Å². The van der Waals surface area contributed by atoms with Crippen LogP contribution in [0.5, 0.6) is 5.75 Å². The fraction of sp³-hybridized carbons (Fsp3) is 0.200. The highest BCUT2D eigenvalue weighted by molar-refractivity contribution is 5.99.